The van der Waals surface area contributed by atoms with Gasteiger partial charge < -0.3 is 10.0 Å². The van der Waals surface area contributed by atoms with Crippen LogP contribution in [0.2, 0.25) is 0 Å². The number of carbonyl (C=O) groups excluding carboxylic acids is 1. The Kier molecular flexibility index (Phi) is 8.62. The van der Waals surface area contributed by atoms with E-state index in [-0.39, 0.29) is 5.91 Å². The second-order valence-corrected chi connectivity index (χ2v) is 2.18. The van der Waals surface area contributed by atoms with E-state index in [2.05, 4.69) is 6.58 Å². The van der Waals surface area contributed by atoms with Crippen molar-refractivity contribution in [2.75, 3.05) is 14.1 Å². The molecule has 0 saturated carbocycles. The van der Waals surface area contributed by atoms with E-state index in [1.54, 1.807) is 19.0 Å². The Morgan fingerprint density at radius 2 is 1.83 bits per heavy atom. The Labute approximate surface area is 72.5 Å². The van der Waals surface area contributed by atoms with Crippen LogP contribution in [0.5, 0.6) is 0 Å². The normalized spacial score (nSPS) is 7.58. The summed E-state index contributed by atoms with van der Waals surface area (Å²) >= 11 is 0. The molecule has 0 aromatic carbocycles. The van der Waals surface area contributed by atoms with Crippen LogP contribution in [0.25, 0.3) is 0 Å². The summed E-state index contributed by atoms with van der Waals surface area (Å²) < 4.78 is 0. The summed E-state index contributed by atoms with van der Waals surface area (Å²) in [6.45, 7) is 4.81. The molecule has 0 fully saturated rings. The summed E-state index contributed by atoms with van der Waals surface area (Å²) in [7, 11) is 3.51. The van der Waals surface area contributed by atoms with Gasteiger partial charge in [-0.25, -0.2) is 4.79 Å². The Hall–Kier alpha value is -1.32. The average molecular weight is 173 g/mol. The minimum absolute atomic E-state index is 0.181. The summed E-state index contributed by atoms with van der Waals surface area (Å²) in [4.78, 5) is 21.3. The quantitative estimate of drug-likeness (QED) is 0.626. The lowest BCUT2D eigenvalue weighted by Gasteiger charge is -2.05. The molecule has 12 heavy (non-hydrogen) atoms. The molecule has 0 aromatic rings. The van der Waals surface area contributed by atoms with Gasteiger partial charge in [0.15, 0.2) is 0 Å². The Balaban J connectivity index is 0. The molecule has 0 aliphatic heterocycles. The highest BCUT2D eigenvalue weighted by molar-refractivity contribution is 5.78. The maximum Gasteiger partial charge on any atom is 0.327 e. The van der Waals surface area contributed by atoms with Crippen molar-refractivity contribution >= 4 is 11.9 Å². The van der Waals surface area contributed by atoms with Crippen molar-refractivity contribution in [3.63, 3.8) is 0 Å². The summed E-state index contributed by atoms with van der Waals surface area (Å²) in [6.07, 6.45) is 1.44. The molecule has 0 heterocycles. The largest absolute Gasteiger partial charge is 0.478 e. The van der Waals surface area contributed by atoms with Gasteiger partial charge in [-0.15, -0.1) is 0 Å². The molecule has 1 N–H and O–H groups in total. The number of nitrogens with zero attached hydrogens (tertiary/aromatic N) is 1. The third-order valence-corrected chi connectivity index (χ3v) is 0.976. The molecule has 0 aliphatic rings. The third kappa shape index (κ3) is 11.5. The molecule has 0 aromatic heterocycles. The van der Waals surface area contributed by atoms with Gasteiger partial charge in [-0.3, -0.25) is 4.79 Å². The molecule has 0 radical (unpaired) electrons. The fraction of sp³-hybridized carbons (Fsp3) is 0.500. The first-order valence-electron chi connectivity index (χ1n) is 3.51. The van der Waals surface area contributed by atoms with Gasteiger partial charge in [0.2, 0.25) is 5.91 Å². The van der Waals surface area contributed by atoms with Gasteiger partial charge in [0.1, 0.15) is 0 Å². The molecule has 0 unspecified atom stereocenters. The van der Waals surface area contributed by atoms with E-state index in [1.165, 1.54) is 0 Å². The molecule has 0 spiro atoms. The van der Waals surface area contributed by atoms with Crippen molar-refractivity contribution in [2.24, 2.45) is 0 Å². The first-order chi connectivity index (χ1) is 5.45. The molecule has 0 atom stereocenters. The number of rotatable bonds is 2. The molecule has 1 amide bonds. The SMILES string of the molecule is C=CC(=O)O.CCC(=O)N(C)C. The number of carbonyl (C=O) groups is 2. The number of hydrogen-bond donors (Lipinski definition) is 1. The van der Waals surface area contributed by atoms with Crippen LogP contribution in [0.15, 0.2) is 12.7 Å². The van der Waals surface area contributed by atoms with E-state index >= 15 is 0 Å². The predicted octanol–water partition coefficient (Wildman–Crippen LogP) is 0.742. The summed E-state index contributed by atoms with van der Waals surface area (Å²) in [5.41, 5.74) is 0. The van der Waals surface area contributed by atoms with Gasteiger partial charge in [-0.2, -0.15) is 0 Å². The highest BCUT2D eigenvalue weighted by atomic mass is 16.4. The van der Waals surface area contributed by atoms with E-state index < -0.39 is 5.97 Å². The maximum atomic E-state index is 10.4. The van der Waals surface area contributed by atoms with Gasteiger partial charge in [0, 0.05) is 26.6 Å². The smallest absolute Gasteiger partial charge is 0.327 e. The highest BCUT2D eigenvalue weighted by Gasteiger charge is 1.95. The first-order valence-corrected chi connectivity index (χ1v) is 3.51. The standard InChI is InChI=1S/C5H11NO.C3H4O2/c1-4-5(7)6(2)3;1-2-3(4)5/h4H2,1-3H3;2H,1H2,(H,4,5). The third-order valence-electron chi connectivity index (χ3n) is 0.976. The van der Waals surface area contributed by atoms with Crippen LogP contribution in [0.1, 0.15) is 13.3 Å². The molecule has 0 saturated heterocycles. The molecule has 70 valence electrons. The van der Waals surface area contributed by atoms with Crippen LogP contribution in [-0.2, 0) is 9.59 Å². The van der Waals surface area contributed by atoms with Crippen molar-refractivity contribution in [2.45, 2.75) is 13.3 Å². The molecule has 0 bridgehead atoms. The average Bonchev–Trinajstić information content (AvgIpc) is 2.04. The van der Waals surface area contributed by atoms with E-state index in [0.29, 0.717) is 6.42 Å². The van der Waals surface area contributed by atoms with Crippen LogP contribution < -0.4 is 0 Å². The zero-order valence-corrected chi connectivity index (χ0v) is 7.70. The molecular formula is C8H15NO3. The van der Waals surface area contributed by atoms with Gasteiger partial charge >= 0.3 is 5.97 Å². The molecule has 0 aliphatic carbocycles. The predicted molar refractivity (Wildman–Crippen MR) is 46.8 cm³/mol. The monoisotopic (exact) mass is 173 g/mol. The van der Waals surface area contributed by atoms with Gasteiger partial charge in [-0.1, -0.05) is 13.5 Å². The van der Waals surface area contributed by atoms with Crippen LogP contribution in [0, 0.1) is 0 Å². The molecule has 0 rings (SSSR count). The van der Waals surface area contributed by atoms with Crippen LogP contribution in [0.3, 0.4) is 0 Å². The number of hydrogen-bond acceptors (Lipinski definition) is 2. The second-order valence-electron chi connectivity index (χ2n) is 2.18. The van der Waals surface area contributed by atoms with E-state index in [0.717, 1.165) is 6.08 Å². The van der Waals surface area contributed by atoms with Gasteiger partial charge in [0.05, 0.1) is 0 Å². The summed E-state index contributed by atoms with van der Waals surface area (Å²) in [5.74, 6) is -0.801. The topological polar surface area (TPSA) is 57.6 Å². The fourth-order valence-electron chi connectivity index (χ4n) is 0.316. The Morgan fingerprint density at radius 3 is 1.83 bits per heavy atom. The second kappa shape index (κ2) is 7.78. The lowest BCUT2D eigenvalue weighted by molar-refractivity contribution is -0.131. The maximum absolute atomic E-state index is 10.4. The zero-order chi connectivity index (χ0) is 10.1. The fourth-order valence-corrected chi connectivity index (χ4v) is 0.316. The number of carboxylic acid groups (broad SMARTS) is 1. The van der Waals surface area contributed by atoms with Crippen LogP contribution in [0.4, 0.5) is 0 Å². The Bertz CT molecular complexity index is 164. The van der Waals surface area contributed by atoms with Crippen molar-refractivity contribution in [3.8, 4) is 0 Å². The highest BCUT2D eigenvalue weighted by Crippen LogP contribution is 1.81. The van der Waals surface area contributed by atoms with Crippen molar-refractivity contribution in [1.82, 2.24) is 4.90 Å². The van der Waals surface area contributed by atoms with Gasteiger partial charge in [0.25, 0.3) is 0 Å². The zero-order valence-electron chi connectivity index (χ0n) is 7.70. The summed E-state index contributed by atoms with van der Waals surface area (Å²) in [5, 5.41) is 7.60. The Morgan fingerprint density at radius 1 is 1.50 bits per heavy atom. The molecular weight excluding hydrogens is 158 g/mol. The summed E-state index contributed by atoms with van der Waals surface area (Å²) in [6, 6.07) is 0. The van der Waals surface area contributed by atoms with Crippen molar-refractivity contribution < 1.29 is 14.7 Å². The first kappa shape index (κ1) is 13.3. The van der Waals surface area contributed by atoms with E-state index in [4.69, 9.17) is 5.11 Å². The number of aliphatic carboxylic acids is 1. The molecule has 4 heteroatoms. The number of amides is 1. The van der Waals surface area contributed by atoms with Crippen LogP contribution in [-0.4, -0.2) is 36.0 Å². The van der Waals surface area contributed by atoms with Crippen molar-refractivity contribution in [3.05, 3.63) is 12.7 Å². The minimum Gasteiger partial charge on any atom is -0.478 e. The molecule has 4 nitrogen and oxygen atoms in total. The lowest BCUT2D eigenvalue weighted by Crippen LogP contribution is -2.19. The minimum atomic E-state index is -0.981. The van der Waals surface area contributed by atoms with E-state index in [1.807, 2.05) is 6.92 Å². The van der Waals surface area contributed by atoms with Crippen LogP contribution >= 0.6 is 0 Å². The lowest BCUT2D eigenvalue weighted by atomic mass is 10.4. The van der Waals surface area contributed by atoms with Crippen molar-refractivity contribution in [1.29, 1.82) is 0 Å². The van der Waals surface area contributed by atoms with Gasteiger partial charge in [-0.05, 0) is 0 Å². The number of carboxylic acids is 1. The van der Waals surface area contributed by atoms with E-state index in [9.17, 15) is 9.59 Å².